The van der Waals surface area contributed by atoms with Crippen molar-refractivity contribution in [2.24, 2.45) is 0 Å². The van der Waals surface area contributed by atoms with Crippen LogP contribution in [0, 0.1) is 6.92 Å². The van der Waals surface area contributed by atoms with Crippen LogP contribution >= 0.6 is 35.3 Å². The van der Waals surface area contributed by atoms with Crippen LogP contribution in [-0.2, 0) is 0 Å². The molecule has 2 aromatic heterocycles. The maximum Gasteiger partial charge on any atom is 0.226 e. The summed E-state index contributed by atoms with van der Waals surface area (Å²) in [5.41, 5.74) is 2.79. The number of thiol groups is 1. The number of aromatic nitrogens is 1. The highest BCUT2D eigenvalue weighted by Crippen LogP contribution is 2.37. The molecule has 0 unspecified atom stereocenters. The second-order valence-electron chi connectivity index (χ2n) is 4.99. The zero-order valence-corrected chi connectivity index (χ0v) is 15.8. The minimum Gasteiger partial charge on any atom is -0.493 e. The lowest BCUT2D eigenvalue weighted by Gasteiger charge is -2.08. The van der Waals surface area contributed by atoms with Gasteiger partial charge < -0.3 is 9.47 Å². The van der Waals surface area contributed by atoms with E-state index in [9.17, 15) is 4.79 Å². The molecule has 3 aromatic rings. The average molecular weight is 378 g/mol. The molecule has 7 heteroatoms. The quantitative estimate of drug-likeness (QED) is 0.640. The first-order valence-electron chi connectivity index (χ1n) is 7.05. The smallest absolute Gasteiger partial charge is 0.226 e. The summed E-state index contributed by atoms with van der Waals surface area (Å²) in [7, 11) is 3.22. The maximum absolute atomic E-state index is 11.4. The molecule has 0 aliphatic carbocycles. The van der Waals surface area contributed by atoms with Gasteiger partial charge in [-0.3, -0.25) is 4.79 Å². The molecule has 0 fully saturated rings. The highest BCUT2D eigenvalue weighted by atomic mass is 32.1. The lowest BCUT2D eigenvalue weighted by Crippen LogP contribution is -1.90. The van der Waals surface area contributed by atoms with E-state index in [0.717, 1.165) is 26.7 Å². The van der Waals surface area contributed by atoms with Crippen LogP contribution in [0.25, 0.3) is 21.8 Å². The number of carbonyl (C=O) groups excluding carboxylic acids is 1. The number of ether oxygens (including phenoxy) is 2. The third kappa shape index (κ3) is 3.19. The van der Waals surface area contributed by atoms with Gasteiger partial charge in [0.25, 0.3) is 0 Å². The van der Waals surface area contributed by atoms with E-state index in [1.54, 1.807) is 25.6 Å². The van der Waals surface area contributed by atoms with Crippen LogP contribution < -0.4 is 9.47 Å². The molecule has 0 saturated carbocycles. The summed E-state index contributed by atoms with van der Waals surface area (Å²) in [5.74, 6) is 1.35. The molecule has 0 bridgehead atoms. The normalized spacial score (nSPS) is 10.7. The van der Waals surface area contributed by atoms with Gasteiger partial charge in [-0.25, -0.2) is 4.98 Å². The largest absolute Gasteiger partial charge is 0.493 e. The number of thiazole rings is 1. The Labute approximate surface area is 153 Å². The van der Waals surface area contributed by atoms with Gasteiger partial charge in [-0.15, -0.1) is 22.7 Å². The van der Waals surface area contributed by atoms with Crippen molar-refractivity contribution >= 4 is 40.4 Å². The number of benzene rings is 1. The number of methoxy groups -OCH3 is 2. The Hall–Kier alpha value is -1.83. The molecule has 0 aliphatic heterocycles. The molecular formula is C17H15NO3S3. The van der Waals surface area contributed by atoms with Crippen molar-refractivity contribution in [3.05, 3.63) is 39.4 Å². The zero-order valence-electron chi connectivity index (χ0n) is 13.3. The molecule has 0 spiro atoms. The van der Waals surface area contributed by atoms with Crippen LogP contribution in [0.3, 0.4) is 0 Å². The molecule has 0 saturated heterocycles. The van der Waals surface area contributed by atoms with Crippen LogP contribution in [-0.4, -0.2) is 24.3 Å². The van der Waals surface area contributed by atoms with E-state index >= 15 is 0 Å². The van der Waals surface area contributed by atoms with Crippen molar-refractivity contribution in [2.75, 3.05) is 14.2 Å². The van der Waals surface area contributed by atoms with Gasteiger partial charge >= 0.3 is 0 Å². The summed E-state index contributed by atoms with van der Waals surface area (Å²) in [6.45, 7) is 1.98. The average Bonchev–Trinajstić information content (AvgIpc) is 3.20. The Kier molecular flexibility index (Phi) is 4.93. The monoisotopic (exact) mass is 377 g/mol. The molecule has 4 nitrogen and oxygen atoms in total. The van der Waals surface area contributed by atoms with Gasteiger partial charge in [0.2, 0.25) is 5.12 Å². The van der Waals surface area contributed by atoms with Crippen molar-refractivity contribution in [3.8, 4) is 33.3 Å². The summed E-state index contributed by atoms with van der Waals surface area (Å²) in [6.07, 6.45) is 0. The summed E-state index contributed by atoms with van der Waals surface area (Å²) in [4.78, 5) is 17.8. The number of nitrogens with zero attached hydrogens (tertiary/aromatic N) is 1. The second-order valence-corrected chi connectivity index (χ2v) is 7.51. The van der Waals surface area contributed by atoms with Gasteiger partial charge in [0.1, 0.15) is 5.01 Å². The standard InChI is InChI=1S/C17H15NO3S3/c1-9-11(7-15(24-9)17(19)22)16-18-12(8-23-16)10-4-5-13(20-2)14(6-10)21-3/h4-8H,1-3H3,(H,19,22). The summed E-state index contributed by atoms with van der Waals surface area (Å²) >= 11 is 6.88. The lowest BCUT2D eigenvalue weighted by molar-refractivity contribution is 0.109. The first-order valence-corrected chi connectivity index (χ1v) is 9.20. The van der Waals surface area contributed by atoms with Crippen molar-refractivity contribution in [1.82, 2.24) is 4.98 Å². The molecule has 24 heavy (non-hydrogen) atoms. The summed E-state index contributed by atoms with van der Waals surface area (Å²) < 4.78 is 10.6. The van der Waals surface area contributed by atoms with Crippen molar-refractivity contribution in [3.63, 3.8) is 0 Å². The molecule has 0 aliphatic rings. The van der Waals surface area contributed by atoms with Crippen LogP contribution in [0.4, 0.5) is 0 Å². The van der Waals surface area contributed by atoms with E-state index in [1.807, 2.05) is 36.6 Å². The molecule has 3 rings (SSSR count). The van der Waals surface area contributed by atoms with Gasteiger partial charge in [-0.1, -0.05) is 12.6 Å². The molecule has 0 N–H and O–H groups in total. The minimum atomic E-state index is -0.217. The maximum atomic E-state index is 11.4. The number of hydrogen-bond donors (Lipinski definition) is 1. The van der Waals surface area contributed by atoms with E-state index in [1.165, 1.54) is 11.3 Å². The van der Waals surface area contributed by atoms with E-state index in [-0.39, 0.29) is 5.12 Å². The fourth-order valence-corrected chi connectivity index (χ4v) is 4.35. The molecular weight excluding hydrogens is 362 g/mol. The van der Waals surface area contributed by atoms with Crippen molar-refractivity contribution in [2.45, 2.75) is 6.92 Å². The Balaban J connectivity index is 1.98. The van der Waals surface area contributed by atoms with Crippen LogP contribution in [0.1, 0.15) is 14.5 Å². The molecule has 2 heterocycles. The SMILES string of the molecule is COc1ccc(-c2csc(-c3cc(C(=O)S)sc3C)n2)cc1OC. The van der Waals surface area contributed by atoms with Crippen molar-refractivity contribution in [1.29, 1.82) is 0 Å². The van der Waals surface area contributed by atoms with Gasteiger partial charge in [0.15, 0.2) is 11.5 Å². The highest BCUT2D eigenvalue weighted by Gasteiger charge is 2.15. The zero-order chi connectivity index (χ0) is 17.3. The van der Waals surface area contributed by atoms with E-state index < -0.39 is 0 Å². The van der Waals surface area contributed by atoms with Gasteiger partial charge in [0, 0.05) is 21.4 Å². The molecule has 0 amide bonds. The van der Waals surface area contributed by atoms with Gasteiger partial charge in [-0.2, -0.15) is 0 Å². The minimum absolute atomic E-state index is 0.217. The van der Waals surface area contributed by atoms with E-state index in [4.69, 9.17) is 14.5 Å². The number of aryl methyl sites for hydroxylation is 1. The van der Waals surface area contributed by atoms with Gasteiger partial charge in [-0.05, 0) is 31.2 Å². The second kappa shape index (κ2) is 6.96. The highest BCUT2D eigenvalue weighted by molar-refractivity contribution is 7.97. The Bertz CT molecular complexity index is 898. The van der Waals surface area contributed by atoms with Gasteiger partial charge in [0.05, 0.1) is 24.8 Å². The third-order valence-electron chi connectivity index (χ3n) is 3.54. The first-order chi connectivity index (χ1) is 11.5. The predicted octanol–water partition coefficient (Wildman–Crippen LogP) is 4.93. The van der Waals surface area contributed by atoms with E-state index in [2.05, 4.69) is 12.6 Å². The fraction of sp³-hybridized carbons (Fsp3) is 0.176. The molecule has 0 radical (unpaired) electrons. The third-order valence-corrected chi connectivity index (χ3v) is 5.86. The van der Waals surface area contributed by atoms with Crippen LogP contribution in [0.15, 0.2) is 29.6 Å². The Morgan fingerprint density at radius 2 is 1.92 bits per heavy atom. The van der Waals surface area contributed by atoms with E-state index in [0.29, 0.717) is 16.4 Å². The van der Waals surface area contributed by atoms with Crippen LogP contribution in [0.2, 0.25) is 0 Å². The molecule has 0 atom stereocenters. The molecule has 1 aromatic carbocycles. The Morgan fingerprint density at radius 1 is 1.17 bits per heavy atom. The topological polar surface area (TPSA) is 48.4 Å². The van der Waals surface area contributed by atoms with Crippen molar-refractivity contribution < 1.29 is 14.3 Å². The summed E-state index contributed by atoms with van der Waals surface area (Å²) in [5, 5.41) is 2.66. The number of carbonyl (C=O) groups is 1. The number of hydrogen-bond acceptors (Lipinski definition) is 6. The molecule has 124 valence electrons. The first kappa shape index (κ1) is 17.0. The van der Waals surface area contributed by atoms with Crippen LogP contribution in [0.5, 0.6) is 11.5 Å². The lowest BCUT2D eigenvalue weighted by atomic mass is 10.1. The Morgan fingerprint density at radius 3 is 2.54 bits per heavy atom. The fourth-order valence-electron chi connectivity index (χ4n) is 2.33. The predicted molar refractivity (Wildman–Crippen MR) is 102 cm³/mol. The number of rotatable bonds is 5. The summed E-state index contributed by atoms with van der Waals surface area (Å²) in [6, 6.07) is 7.57. The number of thiophene rings is 1.